The Balaban J connectivity index is 2.08. The highest BCUT2D eigenvalue weighted by Crippen LogP contribution is 2.21. The zero-order valence-corrected chi connectivity index (χ0v) is 10.8. The number of carbonyl (C=O) groups excluding carboxylic acids is 1. The molecule has 5 heteroatoms. The lowest BCUT2D eigenvalue weighted by Gasteiger charge is -2.03. The Morgan fingerprint density at radius 2 is 1.48 bits per heavy atom. The van der Waals surface area contributed by atoms with Gasteiger partial charge in [0.05, 0.1) is 11.4 Å². The molecule has 0 saturated carbocycles. The minimum Gasteiger partial charge on any atom is -0.296 e. The first-order valence-corrected chi connectivity index (χ1v) is 6.24. The van der Waals surface area contributed by atoms with Crippen molar-refractivity contribution in [2.75, 3.05) is 0 Å². The second-order valence-electron chi connectivity index (χ2n) is 4.47. The van der Waals surface area contributed by atoms with Gasteiger partial charge in [0.25, 0.3) is 0 Å². The number of aromatic nitrogens is 2. The minimum absolute atomic E-state index is 0.334. The van der Waals surface area contributed by atoms with Crippen LogP contribution in [0.5, 0.6) is 0 Å². The quantitative estimate of drug-likeness (QED) is 0.688. The maximum atomic E-state index is 13.0. The van der Waals surface area contributed by atoms with E-state index >= 15 is 0 Å². The summed E-state index contributed by atoms with van der Waals surface area (Å²) < 4.78 is 27.3. The van der Waals surface area contributed by atoms with Crippen LogP contribution in [0.15, 0.2) is 54.6 Å². The molecule has 0 aliphatic carbocycles. The third-order valence-electron chi connectivity index (χ3n) is 3.07. The minimum atomic E-state index is -0.364. The molecule has 3 nitrogen and oxygen atoms in total. The summed E-state index contributed by atoms with van der Waals surface area (Å²) in [6, 6.07) is 13.1. The van der Waals surface area contributed by atoms with Crippen LogP contribution in [-0.2, 0) is 0 Å². The lowest BCUT2D eigenvalue weighted by atomic mass is 10.1. The lowest BCUT2D eigenvalue weighted by Crippen LogP contribution is -2.01. The summed E-state index contributed by atoms with van der Waals surface area (Å²) in [5.41, 5.74) is 2.15. The molecule has 0 bridgehead atoms. The van der Waals surface area contributed by atoms with Gasteiger partial charge in [0, 0.05) is 5.56 Å². The standard InChI is InChI=1S/C16H10F2N2O/c17-12-3-1-11(2-4-12)16-9-15(10-21)20(19-16)14-7-5-13(18)6-8-14/h1-10H. The second kappa shape index (κ2) is 5.28. The van der Waals surface area contributed by atoms with Crippen molar-refractivity contribution >= 4 is 6.29 Å². The summed E-state index contributed by atoms with van der Waals surface area (Å²) >= 11 is 0. The molecule has 3 rings (SSSR count). The number of rotatable bonds is 3. The van der Waals surface area contributed by atoms with Crippen LogP contribution in [0.3, 0.4) is 0 Å². The Labute approximate surface area is 119 Å². The molecular formula is C16H10F2N2O. The van der Waals surface area contributed by atoms with Gasteiger partial charge in [0.2, 0.25) is 0 Å². The third-order valence-corrected chi connectivity index (χ3v) is 3.07. The Morgan fingerprint density at radius 1 is 0.905 bits per heavy atom. The van der Waals surface area contributed by atoms with Crippen LogP contribution in [0.25, 0.3) is 16.9 Å². The Hall–Kier alpha value is -2.82. The van der Waals surface area contributed by atoms with Crippen LogP contribution in [0.2, 0.25) is 0 Å². The van der Waals surface area contributed by atoms with Crippen LogP contribution in [-0.4, -0.2) is 16.1 Å². The molecule has 0 aliphatic heterocycles. The summed E-state index contributed by atoms with van der Waals surface area (Å²) in [5.74, 6) is -0.704. The predicted octanol–water partition coefficient (Wildman–Crippen LogP) is 3.63. The molecule has 3 aromatic rings. The maximum Gasteiger partial charge on any atom is 0.168 e. The third kappa shape index (κ3) is 2.58. The van der Waals surface area contributed by atoms with Crippen molar-refractivity contribution < 1.29 is 13.6 Å². The van der Waals surface area contributed by atoms with Gasteiger partial charge in [-0.15, -0.1) is 0 Å². The topological polar surface area (TPSA) is 34.9 Å². The second-order valence-corrected chi connectivity index (χ2v) is 4.47. The SMILES string of the molecule is O=Cc1cc(-c2ccc(F)cc2)nn1-c1ccc(F)cc1. The van der Waals surface area contributed by atoms with Crippen LogP contribution in [0.1, 0.15) is 10.5 Å². The number of nitrogens with zero attached hydrogens (tertiary/aromatic N) is 2. The molecule has 0 N–H and O–H groups in total. The largest absolute Gasteiger partial charge is 0.296 e. The summed E-state index contributed by atoms with van der Waals surface area (Å²) in [5, 5.41) is 4.32. The lowest BCUT2D eigenvalue weighted by molar-refractivity contribution is 0.111. The summed E-state index contributed by atoms with van der Waals surface area (Å²) in [6.07, 6.45) is 0.670. The van der Waals surface area contributed by atoms with Crippen molar-refractivity contribution in [1.29, 1.82) is 0 Å². The van der Waals surface area contributed by atoms with E-state index in [9.17, 15) is 13.6 Å². The van der Waals surface area contributed by atoms with Gasteiger partial charge in [-0.3, -0.25) is 4.79 Å². The van der Waals surface area contributed by atoms with Crippen LogP contribution < -0.4 is 0 Å². The van der Waals surface area contributed by atoms with Gasteiger partial charge in [0.15, 0.2) is 6.29 Å². The van der Waals surface area contributed by atoms with Crippen LogP contribution in [0.4, 0.5) is 8.78 Å². The number of aldehydes is 1. The van der Waals surface area contributed by atoms with E-state index in [1.807, 2.05) is 0 Å². The normalized spacial score (nSPS) is 10.6. The number of benzene rings is 2. The van der Waals surface area contributed by atoms with Crippen molar-refractivity contribution in [3.05, 3.63) is 71.9 Å². The molecule has 0 radical (unpaired) electrons. The fourth-order valence-electron chi connectivity index (χ4n) is 2.03. The Bertz CT molecular complexity index is 777. The smallest absolute Gasteiger partial charge is 0.168 e. The molecular weight excluding hydrogens is 274 g/mol. The highest BCUT2D eigenvalue weighted by atomic mass is 19.1. The molecule has 0 spiro atoms. The van der Waals surface area contributed by atoms with Crippen molar-refractivity contribution in [2.45, 2.75) is 0 Å². The number of hydrogen-bond donors (Lipinski definition) is 0. The fourth-order valence-corrected chi connectivity index (χ4v) is 2.03. The van der Waals surface area contributed by atoms with Gasteiger partial charge in [0.1, 0.15) is 17.3 Å². The Morgan fingerprint density at radius 3 is 2.05 bits per heavy atom. The highest BCUT2D eigenvalue weighted by Gasteiger charge is 2.10. The molecule has 21 heavy (non-hydrogen) atoms. The van der Waals surface area contributed by atoms with Crippen LogP contribution >= 0.6 is 0 Å². The van der Waals surface area contributed by atoms with E-state index in [-0.39, 0.29) is 11.6 Å². The molecule has 104 valence electrons. The summed E-state index contributed by atoms with van der Waals surface area (Å²) in [7, 11) is 0. The highest BCUT2D eigenvalue weighted by molar-refractivity contribution is 5.77. The summed E-state index contributed by atoms with van der Waals surface area (Å²) in [4.78, 5) is 11.2. The van der Waals surface area contributed by atoms with Crippen molar-refractivity contribution in [3.8, 4) is 16.9 Å². The van der Waals surface area contributed by atoms with Gasteiger partial charge in [-0.1, -0.05) is 0 Å². The maximum absolute atomic E-state index is 13.0. The van der Waals surface area contributed by atoms with Crippen LogP contribution in [0, 0.1) is 11.6 Å². The van der Waals surface area contributed by atoms with Gasteiger partial charge in [-0.25, -0.2) is 13.5 Å². The van der Waals surface area contributed by atoms with E-state index in [4.69, 9.17) is 0 Å². The van der Waals surface area contributed by atoms with E-state index < -0.39 is 0 Å². The van der Waals surface area contributed by atoms with E-state index in [0.717, 1.165) is 0 Å². The van der Waals surface area contributed by atoms with E-state index in [1.165, 1.54) is 41.1 Å². The monoisotopic (exact) mass is 284 g/mol. The first-order chi connectivity index (χ1) is 10.2. The molecule has 2 aromatic carbocycles. The van der Waals surface area contributed by atoms with E-state index in [1.54, 1.807) is 18.2 Å². The summed E-state index contributed by atoms with van der Waals surface area (Å²) in [6.45, 7) is 0. The average molecular weight is 284 g/mol. The number of hydrogen-bond acceptors (Lipinski definition) is 2. The van der Waals surface area contributed by atoms with Gasteiger partial charge < -0.3 is 0 Å². The number of carbonyl (C=O) groups is 1. The zero-order chi connectivity index (χ0) is 14.8. The van der Waals surface area contributed by atoms with E-state index in [0.29, 0.717) is 28.9 Å². The molecule has 0 unspecified atom stereocenters. The van der Waals surface area contributed by atoms with Crippen molar-refractivity contribution in [3.63, 3.8) is 0 Å². The van der Waals surface area contributed by atoms with Gasteiger partial charge in [-0.2, -0.15) is 5.10 Å². The van der Waals surface area contributed by atoms with E-state index in [2.05, 4.69) is 5.10 Å². The first kappa shape index (κ1) is 13.2. The Kier molecular flexibility index (Phi) is 3.31. The average Bonchev–Trinajstić information content (AvgIpc) is 2.93. The zero-order valence-electron chi connectivity index (χ0n) is 10.8. The molecule has 0 saturated heterocycles. The predicted molar refractivity (Wildman–Crippen MR) is 74.3 cm³/mol. The molecule has 0 fully saturated rings. The molecule has 0 aliphatic rings. The molecule has 0 amide bonds. The van der Waals surface area contributed by atoms with Crippen molar-refractivity contribution in [2.24, 2.45) is 0 Å². The molecule has 1 aromatic heterocycles. The van der Waals surface area contributed by atoms with Gasteiger partial charge in [-0.05, 0) is 54.6 Å². The van der Waals surface area contributed by atoms with Gasteiger partial charge >= 0.3 is 0 Å². The number of halogens is 2. The molecule has 0 atom stereocenters. The van der Waals surface area contributed by atoms with Crippen molar-refractivity contribution in [1.82, 2.24) is 9.78 Å². The fraction of sp³-hybridized carbons (Fsp3) is 0. The molecule has 1 heterocycles. The first-order valence-electron chi connectivity index (χ1n) is 6.24.